The molecule has 2 rings (SSSR count). The van der Waals surface area contributed by atoms with E-state index in [9.17, 15) is 4.79 Å². The maximum Gasteiger partial charge on any atom is 0.414 e. The molecule has 0 N–H and O–H groups in total. The molecule has 0 aromatic heterocycles. The lowest BCUT2D eigenvalue weighted by atomic mass is 10.1. The Balaban J connectivity index is 2.52. The second kappa shape index (κ2) is 3.04. The highest BCUT2D eigenvalue weighted by molar-refractivity contribution is 5.90. The summed E-state index contributed by atoms with van der Waals surface area (Å²) in [5.41, 5.74) is 2.22. The van der Waals surface area contributed by atoms with Crippen LogP contribution < -0.4 is 4.90 Å². The van der Waals surface area contributed by atoms with Crippen molar-refractivity contribution in [2.45, 2.75) is 6.61 Å². The van der Waals surface area contributed by atoms with Crippen LogP contribution in [-0.2, 0) is 11.3 Å². The summed E-state index contributed by atoms with van der Waals surface area (Å²) in [5, 5.41) is 8.71. The van der Waals surface area contributed by atoms with Gasteiger partial charge in [0.05, 0.1) is 17.3 Å². The number of amides is 1. The minimum Gasteiger partial charge on any atom is -0.444 e. The largest absolute Gasteiger partial charge is 0.444 e. The SMILES string of the molecule is CN1C(=O)OCc2ccc(C#N)cc21. The van der Waals surface area contributed by atoms with Gasteiger partial charge in [0.25, 0.3) is 0 Å². The van der Waals surface area contributed by atoms with Gasteiger partial charge in [-0.15, -0.1) is 0 Å². The van der Waals surface area contributed by atoms with Gasteiger partial charge in [-0.2, -0.15) is 5.26 Å². The molecule has 0 saturated heterocycles. The molecule has 0 radical (unpaired) electrons. The number of cyclic esters (lactones) is 1. The Morgan fingerprint density at radius 1 is 1.57 bits per heavy atom. The highest BCUT2D eigenvalue weighted by Crippen LogP contribution is 2.26. The molecule has 70 valence electrons. The zero-order valence-electron chi connectivity index (χ0n) is 7.65. The van der Waals surface area contributed by atoms with E-state index in [1.807, 2.05) is 6.07 Å². The maximum atomic E-state index is 11.2. The van der Waals surface area contributed by atoms with Crippen molar-refractivity contribution < 1.29 is 9.53 Å². The number of nitrogens with zero attached hydrogens (tertiary/aromatic N) is 2. The first-order chi connectivity index (χ1) is 6.72. The Labute approximate surface area is 81.3 Å². The lowest BCUT2D eigenvalue weighted by Gasteiger charge is -2.25. The van der Waals surface area contributed by atoms with Gasteiger partial charge in [-0.25, -0.2) is 4.79 Å². The summed E-state index contributed by atoms with van der Waals surface area (Å²) in [6.07, 6.45) is -0.382. The van der Waals surface area contributed by atoms with Gasteiger partial charge in [0.1, 0.15) is 6.61 Å². The second-order valence-electron chi connectivity index (χ2n) is 3.07. The molecular formula is C10H8N2O2. The number of carbonyl (C=O) groups is 1. The molecule has 0 saturated carbocycles. The van der Waals surface area contributed by atoms with Gasteiger partial charge in [-0.05, 0) is 12.1 Å². The van der Waals surface area contributed by atoms with Gasteiger partial charge >= 0.3 is 6.09 Å². The average molecular weight is 188 g/mol. The third kappa shape index (κ3) is 1.19. The molecule has 4 heteroatoms. The van der Waals surface area contributed by atoms with Crippen molar-refractivity contribution in [2.24, 2.45) is 0 Å². The average Bonchev–Trinajstić information content (AvgIpc) is 2.23. The summed E-state index contributed by atoms with van der Waals surface area (Å²) in [6.45, 7) is 0.282. The molecule has 1 aromatic carbocycles. The van der Waals surface area contributed by atoms with Crippen LogP contribution in [-0.4, -0.2) is 13.1 Å². The first-order valence-electron chi connectivity index (χ1n) is 4.16. The van der Waals surface area contributed by atoms with E-state index in [-0.39, 0.29) is 12.7 Å². The molecule has 1 aliphatic rings. The van der Waals surface area contributed by atoms with Crippen LogP contribution in [0.5, 0.6) is 0 Å². The van der Waals surface area contributed by atoms with Crippen LogP contribution in [0.4, 0.5) is 10.5 Å². The predicted molar refractivity (Wildman–Crippen MR) is 49.7 cm³/mol. The van der Waals surface area contributed by atoms with Gasteiger partial charge < -0.3 is 4.74 Å². The molecule has 0 bridgehead atoms. The van der Waals surface area contributed by atoms with Crippen LogP contribution >= 0.6 is 0 Å². The molecule has 0 atom stereocenters. The van der Waals surface area contributed by atoms with E-state index in [1.54, 1.807) is 25.2 Å². The second-order valence-corrected chi connectivity index (χ2v) is 3.07. The number of hydrogen-bond donors (Lipinski definition) is 0. The van der Waals surface area contributed by atoms with Crippen molar-refractivity contribution in [3.05, 3.63) is 29.3 Å². The van der Waals surface area contributed by atoms with Crippen LogP contribution in [0.15, 0.2) is 18.2 Å². The Morgan fingerprint density at radius 2 is 2.36 bits per heavy atom. The fraction of sp³-hybridized carbons (Fsp3) is 0.200. The van der Waals surface area contributed by atoms with Crippen molar-refractivity contribution in [3.63, 3.8) is 0 Å². The number of rotatable bonds is 0. The first kappa shape index (κ1) is 8.57. The molecule has 0 unspecified atom stereocenters. The van der Waals surface area contributed by atoms with Gasteiger partial charge in [0, 0.05) is 12.6 Å². The summed E-state index contributed by atoms with van der Waals surface area (Å²) in [7, 11) is 1.63. The van der Waals surface area contributed by atoms with Crippen molar-refractivity contribution in [3.8, 4) is 6.07 Å². The zero-order chi connectivity index (χ0) is 10.1. The Hall–Kier alpha value is -2.02. The standard InChI is InChI=1S/C10H8N2O2/c1-12-9-4-7(5-11)2-3-8(9)6-14-10(12)13/h2-4H,6H2,1H3. The molecule has 14 heavy (non-hydrogen) atoms. The maximum absolute atomic E-state index is 11.2. The summed E-state index contributed by atoms with van der Waals surface area (Å²) in [4.78, 5) is 12.6. The summed E-state index contributed by atoms with van der Waals surface area (Å²) in [6, 6.07) is 7.24. The van der Waals surface area contributed by atoms with E-state index in [0.29, 0.717) is 5.56 Å². The van der Waals surface area contributed by atoms with E-state index in [2.05, 4.69) is 0 Å². The van der Waals surface area contributed by atoms with Crippen LogP contribution in [0, 0.1) is 11.3 Å². The fourth-order valence-electron chi connectivity index (χ4n) is 1.40. The van der Waals surface area contributed by atoms with Gasteiger partial charge in [-0.3, -0.25) is 4.90 Å². The highest BCUT2D eigenvalue weighted by Gasteiger charge is 2.21. The minimum absolute atomic E-state index is 0.282. The third-order valence-electron chi connectivity index (χ3n) is 2.20. The molecule has 1 aliphatic heterocycles. The Morgan fingerprint density at radius 3 is 3.07 bits per heavy atom. The lowest BCUT2D eigenvalue weighted by molar-refractivity contribution is 0.143. The van der Waals surface area contributed by atoms with Crippen LogP contribution in [0.25, 0.3) is 0 Å². The van der Waals surface area contributed by atoms with E-state index in [0.717, 1.165) is 11.3 Å². The number of nitriles is 1. The van der Waals surface area contributed by atoms with Crippen molar-refractivity contribution in [2.75, 3.05) is 11.9 Å². The minimum atomic E-state index is -0.382. The number of hydrogen-bond acceptors (Lipinski definition) is 3. The number of anilines is 1. The molecule has 0 spiro atoms. The van der Waals surface area contributed by atoms with Crippen molar-refractivity contribution in [1.29, 1.82) is 5.26 Å². The first-order valence-corrected chi connectivity index (χ1v) is 4.16. The predicted octanol–water partition coefficient (Wildman–Crippen LogP) is 1.64. The summed E-state index contributed by atoms with van der Waals surface area (Å²) < 4.78 is 4.89. The van der Waals surface area contributed by atoms with Crippen LogP contribution in [0.3, 0.4) is 0 Å². The Kier molecular flexibility index (Phi) is 1.86. The normalized spacial score (nSPS) is 14.3. The van der Waals surface area contributed by atoms with Gasteiger partial charge in [0.2, 0.25) is 0 Å². The van der Waals surface area contributed by atoms with Crippen LogP contribution in [0.1, 0.15) is 11.1 Å². The van der Waals surface area contributed by atoms with Gasteiger partial charge in [-0.1, -0.05) is 6.07 Å². The lowest BCUT2D eigenvalue weighted by Crippen LogP contribution is -2.31. The van der Waals surface area contributed by atoms with E-state index in [4.69, 9.17) is 10.00 Å². The summed E-state index contributed by atoms with van der Waals surface area (Å²) in [5.74, 6) is 0. The third-order valence-corrected chi connectivity index (χ3v) is 2.20. The molecule has 1 aromatic rings. The molecule has 0 fully saturated rings. The van der Waals surface area contributed by atoms with Crippen LogP contribution in [0.2, 0.25) is 0 Å². The molecule has 0 aliphatic carbocycles. The zero-order valence-corrected chi connectivity index (χ0v) is 7.65. The highest BCUT2D eigenvalue weighted by atomic mass is 16.6. The van der Waals surface area contributed by atoms with Gasteiger partial charge in [0.15, 0.2) is 0 Å². The van der Waals surface area contributed by atoms with E-state index >= 15 is 0 Å². The molecule has 1 heterocycles. The number of benzene rings is 1. The van der Waals surface area contributed by atoms with E-state index in [1.165, 1.54) is 4.90 Å². The topological polar surface area (TPSA) is 53.3 Å². The van der Waals surface area contributed by atoms with E-state index < -0.39 is 0 Å². The molecule has 1 amide bonds. The number of carbonyl (C=O) groups excluding carboxylic acids is 1. The fourth-order valence-corrected chi connectivity index (χ4v) is 1.40. The quantitative estimate of drug-likeness (QED) is 0.622. The van der Waals surface area contributed by atoms with Crippen molar-refractivity contribution >= 4 is 11.8 Å². The number of fused-ring (bicyclic) bond motifs is 1. The summed E-state index contributed by atoms with van der Waals surface area (Å²) >= 11 is 0. The molecular weight excluding hydrogens is 180 g/mol. The monoisotopic (exact) mass is 188 g/mol. The molecule has 4 nitrogen and oxygen atoms in total. The van der Waals surface area contributed by atoms with Crippen molar-refractivity contribution in [1.82, 2.24) is 0 Å². The number of ether oxygens (including phenoxy) is 1. The Bertz CT molecular complexity index is 434. The smallest absolute Gasteiger partial charge is 0.414 e.